The number of thiophene rings is 1. The zero-order chi connectivity index (χ0) is 17.2. The summed E-state index contributed by atoms with van der Waals surface area (Å²) in [7, 11) is 0. The van der Waals surface area contributed by atoms with Crippen molar-refractivity contribution in [2.75, 3.05) is 6.54 Å². The summed E-state index contributed by atoms with van der Waals surface area (Å²) < 4.78 is 30.9. The zero-order valence-electron chi connectivity index (χ0n) is 13.5. The molecule has 1 amide bonds. The van der Waals surface area contributed by atoms with Crippen LogP contribution in [0.5, 0.6) is 0 Å². The Balaban J connectivity index is 2.14. The van der Waals surface area contributed by atoms with E-state index in [1.165, 1.54) is 11.3 Å². The third kappa shape index (κ3) is 4.13. The molecule has 0 saturated carbocycles. The van der Waals surface area contributed by atoms with Gasteiger partial charge >= 0.3 is 5.92 Å². The van der Waals surface area contributed by atoms with Gasteiger partial charge in [0.05, 0.1) is 11.4 Å². The number of aromatic nitrogens is 2. The highest BCUT2D eigenvalue weighted by Gasteiger charge is 2.32. The molecule has 2 heterocycles. The van der Waals surface area contributed by atoms with Crippen LogP contribution in [0.4, 0.5) is 8.78 Å². The fourth-order valence-corrected chi connectivity index (χ4v) is 2.93. The van der Waals surface area contributed by atoms with E-state index in [9.17, 15) is 13.6 Å². The number of amides is 1. The van der Waals surface area contributed by atoms with Crippen molar-refractivity contribution in [3.05, 3.63) is 22.9 Å². The van der Waals surface area contributed by atoms with Gasteiger partial charge in [-0.3, -0.25) is 4.79 Å². The number of halogens is 2. The average molecular weight is 343 g/mol. The third-order valence-corrected chi connectivity index (χ3v) is 4.28. The van der Waals surface area contributed by atoms with Gasteiger partial charge in [-0.25, -0.2) is 0 Å². The molecule has 2 aromatic heterocycles. The van der Waals surface area contributed by atoms with Gasteiger partial charge in [-0.1, -0.05) is 19.0 Å². The second-order valence-corrected chi connectivity index (χ2v) is 6.75. The number of hydrogen-bond acceptors (Lipinski definition) is 5. The van der Waals surface area contributed by atoms with Crippen LogP contribution in [0.3, 0.4) is 0 Å². The second kappa shape index (κ2) is 6.74. The van der Waals surface area contributed by atoms with Gasteiger partial charge in [0.25, 0.3) is 5.89 Å². The summed E-state index contributed by atoms with van der Waals surface area (Å²) in [5.74, 6) is -3.71. The third-order valence-electron chi connectivity index (χ3n) is 3.22. The van der Waals surface area contributed by atoms with Crippen molar-refractivity contribution in [2.24, 2.45) is 5.92 Å². The van der Waals surface area contributed by atoms with Gasteiger partial charge in [-0.05, 0) is 19.1 Å². The van der Waals surface area contributed by atoms with Crippen LogP contribution in [-0.2, 0) is 17.3 Å². The number of carbonyl (C=O) groups excluding carboxylic acids is 1. The molecule has 0 aliphatic carbocycles. The van der Waals surface area contributed by atoms with E-state index < -0.39 is 11.8 Å². The predicted octanol–water partition coefficient (Wildman–Crippen LogP) is 3.91. The van der Waals surface area contributed by atoms with Crippen LogP contribution >= 0.6 is 11.3 Å². The molecule has 23 heavy (non-hydrogen) atoms. The topological polar surface area (TPSA) is 59.2 Å². The molecule has 0 saturated heterocycles. The molecule has 0 radical (unpaired) electrons. The molecule has 0 atom stereocenters. The normalized spacial score (nSPS) is 12.0. The number of carbonyl (C=O) groups is 1. The molecule has 0 aliphatic heterocycles. The molecular weight excluding hydrogens is 324 g/mol. The molecule has 2 rings (SSSR count). The molecule has 5 nitrogen and oxygen atoms in total. The summed E-state index contributed by atoms with van der Waals surface area (Å²) in [6.45, 7) is 7.43. The molecular formula is C15H19F2N3O2S. The summed E-state index contributed by atoms with van der Waals surface area (Å²) in [4.78, 5) is 19.1. The van der Waals surface area contributed by atoms with Crippen molar-refractivity contribution >= 4 is 17.2 Å². The van der Waals surface area contributed by atoms with Gasteiger partial charge < -0.3 is 9.42 Å². The minimum Gasteiger partial charge on any atom is -0.338 e. The number of alkyl halides is 2. The first-order valence-corrected chi connectivity index (χ1v) is 8.14. The lowest BCUT2D eigenvalue weighted by atomic mass is 10.2. The fraction of sp³-hybridized carbons (Fsp3) is 0.533. The lowest BCUT2D eigenvalue weighted by Crippen LogP contribution is -2.33. The van der Waals surface area contributed by atoms with Crippen molar-refractivity contribution in [3.63, 3.8) is 0 Å². The summed E-state index contributed by atoms with van der Waals surface area (Å²) in [5.41, 5.74) is 0. The fourth-order valence-electron chi connectivity index (χ4n) is 1.98. The SMILES string of the molecule is CCN(Cc1ccc(-c2noc(C(C)(F)F)n2)s1)C(=O)C(C)C. The van der Waals surface area contributed by atoms with Crippen molar-refractivity contribution < 1.29 is 18.1 Å². The van der Waals surface area contributed by atoms with Gasteiger partial charge in [0.15, 0.2) is 0 Å². The van der Waals surface area contributed by atoms with Crippen LogP contribution < -0.4 is 0 Å². The zero-order valence-corrected chi connectivity index (χ0v) is 14.3. The Kier molecular flexibility index (Phi) is 5.13. The molecule has 0 bridgehead atoms. The highest BCUT2D eigenvalue weighted by Crippen LogP contribution is 2.31. The maximum absolute atomic E-state index is 13.1. The van der Waals surface area contributed by atoms with Crippen molar-refractivity contribution in [3.8, 4) is 10.7 Å². The van der Waals surface area contributed by atoms with E-state index in [2.05, 4.69) is 14.7 Å². The molecule has 0 spiro atoms. The molecule has 8 heteroatoms. The van der Waals surface area contributed by atoms with Crippen LogP contribution in [-0.4, -0.2) is 27.5 Å². The van der Waals surface area contributed by atoms with E-state index >= 15 is 0 Å². The number of hydrogen-bond donors (Lipinski definition) is 0. The van der Waals surface area contributed by atoms with E-state index in [4.69, 9.17) is 0 Å². The molecule has 0 unspecified atom stereocenters. The Morgan fingerprint density at radius 1 is 1.43 bits per heavy atom. The largest absolute Gasteiger partial charge is 0.338 e. The quantitative estimate of drug-likeness (QED) is 0.798. The van der Waals surface area contributed by atoms with Crippen molar-refractivity contribution in [2.45, 2.75) is 40.2 Å². The Morgan fingerprint density at radius 2 is 2.13 bits per heavy atom. The van der Waals surface area contributed by atoms with Crippen LogP contribution in [0, 0.1) is 5.92 Å². The first-order chi connectivity index (χ1) is 10.7. The Bertz CT molecular complexity index is 676. The predicted molar refractivity (Wildman–Crippen MR) is 83.1 cm³/mol. The van der Waals surface area contributed by atoms with E-state index in [1.54, 1.807) is 11.0 Å². The summed E-state index contributed by atoms with van der Waals surface area (Å²) in [6.07, 6.45) is 0. The lowest BCUT2D eigenvalue weighted by Gasteiger charge is -2.22. The van der Waals surface area contributed by atoms with Crippen molar-refractivity contribution in [1.82, 2.24) is 15.0 Å². The maximum atomic E-state index is 13.1. The Labute approximate surface area is 137 Å². The molecule has 0 aromatic carbocycles. The van der Waals surface area contributed by atoms with E-state index in [-0.39, 0.29) is 17.6 Å². The van der Waals surface area contributed by atoms with Crippen LogP contribution in [0.1, 0.15) is 38.5 Å². The Morgan fingerprint density at radius 3 is 2.65 bits per heavy atom. The maximum Gasteiger partial charge on any atom is 0.322 e. The first-order valence-electron chi connectivity index (χ1n) is 7.32. The molecule has 0 aliphatic rings. The minimum absolute atomic E-state index is 0.0686. The van der Waals surface area contributed by atoms with Crippen LogP contribution in [0.2, 0.25) is 0 Å². The first kappa shape index (κ1) is 17.5. The second-order valence-electron chi connectivity index (χ2n) is 5.58. The highest BCUT2D eigenvalue weighted by molar-refractivity contribution is 7.15. The molecule has 0 N–H and O–H groups in total. The monoisotopic (exact) mass is 343 g/mol. The highest BCUT2D eigenvalue weighted by atomic mass is 32.1. The Hall–Kier alpha value is -1.83. The average Bonchev–Trinajstić information content (AvgIpc) is 3.11. The van der Waals surface area contributed by atoms with Crippen LogP contribution in [0.15, 0.2) is 16.7 Å². The van der Waals surface area contributed by atoms with Gasteiger partial charge in [-0.2, -0.15) is 13.8 Å². The lowest BCUT2D eigenvalue weighted by molar-refractivity contribution is -0.134. The number of rotatable bonds is 6. The van der Waals surface area contributed by atoms with Crippen molar-refractivity contribution in [1.29, 1.82) is 0 Å². The standard InChI is InChI=1S/C15H19F2N3O2S/c1-5-20(13(21)9(2)3)8-10-6-7-11(23-10)12-18-14(22-19-12)15(4,16)17/h6-7,9H,5,8H2,1-4H3. The number of nitrogens with zero attached hydrogens (tertiary/aromatic N) is 3. The molecule has 2 aromatic rings. The van der Waals surface area contributed by atoms with Gasteiger partial charge in [0, 0.05) is 24.3 Å². The molecule has 126 valence electrons. The smallest absolute Gasteiger partial charge is 0.322 e. The molecule has 0 fully saturated rings. The summed E-state index contributed by atoms with van der Waals surface area (Å²) in [6, 6.07) is 3.59. The van der Waals surface area contributed by atoms with E-state index in [0.29, 0.717) is 24.9 Å². The minimum atomic E-state index is -3.16. The van der Waals surface area contributed by atoms with Gasteiger partial charge in [0.2, 0.25) is 11.7 Å². The van der Waals surface area contributed by atoms with Gasteiger partial charge in [-0.15, -0.1) is 11.3 Å². The van der Waals surface area contributed by atoms with Gasteiger partial charge in [0.1, 0.15) is 0 Å². The summed E-state index contributed by atoms with van der Waals surface area (Å²) in [5, 5.41) is 3.59. The van der Waals surface area contributed by atoms with Crippen LogP contribution in [0.25, 0.3) is 10.7 Å². The van der Waals surface area contributed by atoms with E-state index in [1.807, 2.05) is 26.8 Å². The van der Waals surface area contributed by atoms with E-state index in [0.717, 1.165) is 4.88 Å². The summed E-state index contributed by atoms with van der Waals surface area (Å²) >= 11 is 1.36.